The molecule has 0 aromatic carbocycles. The fourth-order valence-corrected chi connectivity index (χ4v) is 7.03. The zero-order chi connectivity index (χ0) is 42.3. The van der Waals surface area contributed by atoms with Crippen LogP contribution in [0.1, 0.15) is 187 Å². The Kier molecular flexibility index (Phi) is 36.3. The third kappa shape index (κ3) is 29.2. The number of hydrogen-bond acceptors (Lipinski definition) is 8. The van der Waals surface area contributed by atoms with Crippen molar-refractivity contribution in [1.82, 2.24) is 5.32 Å². The molecule has 0 aromatic rings. The van der Waals surface area contributed by atoms with E-state index in [4.69, 9.17) is 9.47 Å². The number of ether oxygens (including phenoxy) is 2. The Morgan fingerprint density at radius 3 is 1.52 bits per heavy atom. The molecule has 58 heavy (non-hydrogen) atoms. The van der Waals surface area contributed by atoms with E-state index < -0.39 is 49.5 Å². The van der Waals surface area contributed by atoms with E-state index in [0.29, 0.717) is 12.8 Å². The summed E-state index contributed by atoms with van der Waals surface area (Å²) in [6.45, 7) is 3.76. The van der Waals surface area contributed by atoms with Gasteiger partial charge in [0, 0.05) is 6.42 Å². The molecule has 1 saturated heterocycles. The van der Waals surface area contributed by atoms with Gasteiger partial charge in [-0.05, 0) is 77.0 Å². The van der Waals surface area contributed by atoms with E-state index >= 15 is 0 Å². The number of allylic oxidation sites excluding steroid dienone is 10. The molecule has 1 amide bonds. The van der Waals surface area contributed by atoms with Gasteiger partial charge in [-0.2, -0.15) is 0 Å². The number of carbonyl (C=O) groups excluding carboxylic acids is 1. The molecule has 1 aliphatic heterocycles. The summed E-state index contributed by atoms with van der Waals surface area (Å²) in [6, 6.07) is -0.766. The van der Waals surface area contributed by atoms with Crippen molar-refractivity contribution in [3.05, 3.63) is 60.8 Å². The van der Waals surface area contributed by atoms with Crippen LogP contribution in [-0.2, 0) is 14.3 Å². The minimum atomic E-state index is -1.57. The second kappa shape index (κ2) is 39.1. The number of aliphatic hydroxyl groups is 5. The van der Waals surface area contributed by atoms with Crippen molar-refractivity contribution in [3.8, 4) is 0 Å². The van der Waals surface area contributed by atoms with Gasteiger partial charge in [-0.1, -0.05) is 164 Å². The molecule has 336 valence electrons. The SMILES string of the molecule is CCCCCCCCC/C=C/C/C=C/C/C=C/C/C=C/CCCC(=O)N[C@@H](CO[C@H]1O[C@@H](CO)[C@H](O)C(O)C1O)[C@H](O)CCCC/C=C/CCCCCCCCCC. The van der Waals surface area contributed by atoms with Gasteiger partial charge in [-0.25, -0.2) is 0 Å². The number of nitrogens with one attached hydrogen (secondary N) is 1. The number of amides is 1. The fourth-order valence-electron chi connectivity index (χ4n) is 7.03. The van der Waals surface area contributed by atoms with Gasteiger partial charge in [-0.15, -0.1) is 0 Å². The molecular formula is C49H87NO8. The molecule has 9 heteroatoms. The van der Waals surface area contributed by atoms with Gasteiger partial charge in [0.15, 0.2) is 6.29 Å². The average Bonchev–Trinajstić information content (AvgIpc) is 3.22. The maximum Gasteiger partial charge on any atom is 0.220 e. The van der Waals surface area contributed by atoms with Crippen molar-refractivity contribution in [3.63, 3.8) is 0 Å². The topological polar surface area (TPSA) is 149 Å². The Morgan fingerprint density at radius 2 is 1.02 bits per heavy atom. The molecule has 0 saturated carbocycles. The normalized spacial score (nSPS) is 21.4. The van der Waals surface area contributed by atoms with Crippen LogP contribution in [0.4, 0.5) is 0 Å². The van der Waals surface area contributed by atoms with Gasteiger partial charge < -0.3 is 40.3 Å². The fraction of sp³-hybridized carbons (Fsp3) is 0.776. The Hall–Kier alpha value is -2.11. The molecule has 1 fully saturated rings. The minimum Gasteiger partial charge on any atom is -0.394 e. The van der Waals surface area contributed by atoms with Gasteiger partial charge in [0.1, 0.15) is 24.4 Å². The lowest BCUT2D eigenvalue weighted by Gasteiger charge is -2.40. The monoisotopic (exact) mass is 818 g/mol. The van der Waals surface area contributed by atoms with E-state index in [1.54, 1.807) is 0 Å². The summed E-state index contributed by atoms with van der Waals surface area (Å²) in [6.07, 6.45) is 43.8. The smallest absolute Gasteiger partial charge is 0.220 e. The van der Waals surface area contributed by atoms with Crippen molar-refractivity contribution in [2.24, 2.45) is 0 Å². The van der Waals surface area contributed by atoms with E-state index in [-0.39, 0.29) is 18.9 Å². The lowest BCUT2D eigenvalue weighted by atomic mass is 9.99. The van der Waals surface area contributed by atoms with E-state index in [1.165, 1.54) is 103 Å². The van der Waals surface area contributed by atoms with Crippen LogP contribution in [0.2, 0.25) is 0 Å². The minimum absolute atomic E-state index is 0.175. The predicted molar refractivity (Wildman–Crippen MR) is 239 cm³/mol. The average molecular weight is 818 g/mol. The highest BCUT2D eigenvalue weighted by molar-refractivity contribution is 5.76. The second-order valence-electron chi connectivity index (χ2n) is 16.2. The van der Waals surface area contributed by atoms with Crippen molar-refractivity contribution in [2.45, 2.75) is 230 Å². The molecule has 1 aliphatic rings. The molecule has 0 bridgehead atoms. The van der Waals surface area contributed by atoms with E-state index in [1.807, 2.05) is 0 Å². The zero-order valence-corrected chi connectivity index (χ0v) is 36.8. The Morgan fingerprint density at radius 1 is 0.586 bits per heavy atom. The molecule has 1 heterocycles. The summed E-state index contributed by atoms with van der Waals surface area (Å²) >= 11 is 0. The number of carbonyl (C=O) groups is 1. The summed E-state index contributed by atoms with van der Waals surface area (Å²) in [4.78, 5) is 12.9. The highest BCUT2D eigenvalue weighted by Gasteiger charge is 2.44. The largest absolute Gasteiger partial charge is 0.394 e. The number of hydrogen-bond donors (Lipinski definition) is 6. The van der Waals surface area contributed by atoms with Crippen LogP contribution in [-0.4, -0.2) is 87.5 Å². The predicted octanol–water partition coefficient (Wildman–Crippen LogP) is 10.0. The van der Waals surface area contributed by atoms with Gasteiger partial charge in [0.05, 0.1) is 25.4 Å². The molecule has 0 aliphatic carbocycles. The molecule has 0 aromatic heterocycles. The quantitative estimate of drug-likeness (QED) is 0.0267. The molecule has 0 radical (unpaired) electrons. The van der Waals surface area contributed by atoms with Crippen molar-refractivity contribution in [2.75, 3.05) is 13.2 Å². The third-order valence-corrected chi connectivity index (χ3v) is 10.8. The van der Waals surface area contributed by atoms with Crippen molar-refractivity contribution < 1.29 is 39.8 Å². The van der Waals surface area contributed by atoms with Crippen LogP contribution in [0.3, 0.4) is 0 Å². The lowest BCUT2D eigenvalue weighted by molar-refractivity contribution is -0.302. The van der Waals surface area contributed by atoms with Crippen LogP contribution >= 0.6 is 0 Å². The molecule has 9 nitrogen and oxygen atoms in total. The maximum absolute atomic E-state index is 12.9. The summed E-state index contributed by atoms with van der Waals surface area (Å²) < 4.78 is 11.2. The molecule has 2 unspecified atom stereocenters. The zero-order valence-electron chi connectivity index (χ0n) is 36.8. The third-order valence-electron chi connectivity index (χ3n) is 10.8. The summed E-state index contributed by atoms with van der Waals surface area (Å²) in [7, 11) is 0. The van der Waals surface area contributed by atoms with Crippen LogP contribution < -0.4 is 5.32 Å². The molecule has 6 N–H and O–H groups in total. The Bertz CT molecular complexity index is 1090. The van der Waals surface area contributed by atoms with E-state index in [2.05, 4.69) is 79.9 Å². The van der Waals surface area contributed by atoms with Crippen LogP contribution in [0.25, 0.3) is 0 Å². The first-order chi connectivity index (χ1) is 28.3. The lowest BCUT2D eigenvalue weighted by Crippen LogP contribution is -2.60. The van der Waals surface area contributed by atoms with Gasteiger partial charge in [-0.3, -0.25) is 4.79 Å². The number of unbranched alkanes of at least 4 members (excludes halogenated alkanes) is 18. The van der Waals surface area contributed by atoms with E-state index in [9.17, 15) is 30.3 Å². The molecule has 1 rings (SSSR count). The van der Waals surface area contributed by atoms with Crippen molar-refractivity contribution in [1.29, 1.82) is 0 Å². The summed E-state index contributed by atoms with van der Waals surface area (Å²) in [5, 5.41) is 54.3. The van der Waals surface area contributed by atoms with Crippen LogP contribution in [0.5, 0.6) is 0 Å². The highest BCUT2D eigenvalue weighted by atomic mass is 16.7. The Labute approximate surface area is 354 Å². The standard InChI is InChI=1S/C49H87NO8/c1-3-5-7-9-11-13-15-17-19-20-21-22-23-24-25-27-29-31-33-35-37-39-45(53)50-42(41-57-49-48(56)47(55)46(54)44(40-51)58-49)43(52)38-36-34-32-30-28-26-18-16-14-12-10-8-6-4-2/h19-20,22-23,25,27-28,30-31,33,42-44,46-49,51-52,54-56H,3-18,21,24,26,29,32,34-41H2,1-2H3,(H,50,53)/b20-19+,23-22+,27-25+,30-28+,33-31+/t42-,43+,44-,46-,47?,48?,49-/m0/s1. The first-order valence-electron chi connectivity index (χ1n) is 23.5. The maximum atomic E-state index is 12.9. The van der Waals surface area contributed by atoms with Gasteiger partial charge >= 0.3 is 0 Å². The second-order valence-corrected chi connectivity index (χ2v) is 16.2. The summed E-state index contributed by atoms with van der Waals surface area (Å²) in [5.74, 6) is -0.210. The van der Waals surface area contributed by atoms with Crippen molar-refractivity contribution >= 4 is 5.91 Å². The van der Waals surface area contributed by atoms with Crippen LogP contribution in [0, 0.1) is 0 Å². The van der Waals surface area contributed by atoms with Crippen LogP contribution in [0.15, 0.2) is 60.8 Å². The first kappa shape index (κ1) is 53.9. The Balaban J connectivity index is 2.39. The molecular weight excluding hydrogens is 731 g/mol. The van der Waals surface area contributed by atoms with Gasteiger partial charge in [0.25, 0.3) is 0 Å². The van der Waals surface area contributed by atoms with E-state index in [0.717, 1.165) is 51.4 Å². The highest BCUT2D eigenvalue weighted by Crippen LogP contribution is 2.23. The van der Waals surface area contributed by atoms with Gasteiger partial charge in [0.2, 0.25) is 5.91 Å². The molecule has 7 atom stereocenters. The number of rotatable bonds is 38. The summed E-state index contributed by atoms with van der Waals surface area (Å²) in [5.41, 5.74) is 0. The first-order valence-corrected chi connectivity index (χ1v) is 23.5. The molecule has 0 spiro atoms. The number of aliphatic hydroxyl groups excluding tert-OH is 5.